The second-order valence-electron chi connectivity index (χ2n) is 5.71. The summed E-state index contributed by atoms with van der Waals surface area (Å²) in [7, 11) is 3.15. The Balaban J connectivity index is 2.78. The average Bonchev–Trinajstić information content (AvgIpc) is 2.42. The van der Waals surface area contributed by atoms with Crippen molar-refractivity contribution in [3.63, 3.8) is 0 Å². The smallest absolute Gasteiger partial charge is 0.237 e. The van der Waals surface area contributed by atoms with Crippen LogP contribution in [-0.4, -0.2) is 26.2 Å². The summed E-state index contributed by atoms with van der Waals surface area (Å²) in [6.07, 6.45) is 0. The highest BCUT2D eigenvalue weighted by Crippen LogP contribution is 2.30. The van der Waals surface area contributed by atoms with E-state index in [1.807, 2.05) is 39.0 Å². The maximum atomic E-state index is 12.0. The molecule has 3 N–H and O–H groups in total. The lowest BCUT2D eigenvalue weighted by Crippen LogP contribution is -2.48. The van der Waals surface area contributed by atoms with E-state index in [9.17, 15) is 4.79 Å². The van der Waals surface area contributed by atoms with Crippen LogP contribution in [0.5, 0.6) is 11.5 Å². The highest BCUT2D eigenvalue weighted by Gasteiger charge is 2.27. The largest absolute Gasteiger partial charge is 0.493 e. The first-order valence-corrected chi connectivity index (χ1v) is 6.54. The molecule has 0 unspecified atom stereocenters. The molecular formula is C15H24N2O3. The molecule has 1 atom stereocenters. The Labute approximate surface area is 120 Å². The Bertz CT molecular complexity index is 467. The third-order valence-electron chi connectivity index (χ3n) is 3.15. The minimum Gasteiger partial charge on any atom is -0.493 e. The van der Waals surface area contributed by atoms with Crippen molar-refractivity contribution in [1.82, 2.24) is 5.32 Å². The van der Waals surface area contributed by atoms with Gasteiger partial charge >= 0.3 is 0 Å². The quantitative estimate of drug-likeness (QED) is 0.861. The summed E-state index contributed by atoms with van der Waals surface area (Å²) in [4.78, 5) is 12.0. The van der Waals surface area contributed by atoms with Gasteiger partial charge in [-0.25, -0.2) is 0 Å². The van der Waals surface area contributed by atoms with Gasteiger partial charge in [0.25, 0.3) is 0 Å². The number of rotatable bonds is 5. The van der Waals surface area contributed by atoms with Crippen molar-refractivity contribution in [3.05, 3.63) is 23.8 Å². The number of carbonyl (C=O) groups excluding carboxylic acids is 1. The fourth-order valence-electron chi connectivity index (χ4n) is 1.78. The Morgan fingerprint density at radius 1 is 1.30 bits per heavy atom. The van der Waals surface area contributed by atoms with Crippen molar-refractivity contribution < 1.29 is 14.3 Å². The molecule has 0 heterocycles. The first-order chi connectivity index (χ1) is 9.31. The van der Waals surface area contributed by atoms with Crippen LogP contribution in [0.2, 0.25) is 0 Å². The van der Waals surface area contributed by atoms with E-state index >= 15 is 0 Å². The van der Waals surface area contributed by atoms with Gasteiger partial charge < -0.3 is 20.5 Å². The third-order valence-corrected chi connectivity index (χ3v) is 3.15. The van der Waals surface area contributed by atoms with Gasteiger partial charge in [0.2, 0.25) is 5.91 Å². The third kappa shape index (κ3) is 3.87. The molecule has 0 aliphatic carbocycles. The molecule has 0 fully saturated rings. The van der Waals surface area contributed by atoms with Crippen LogP contribution in [0.1, 0.15) is 26.3 Å². The molecule has 1 aromatic carbocycles. The standard InChI is InChI=1S/C15H24N2O3/c1-15(2,3)13(16)14(18)17-9-10-7-6-8-11(19-4)12(10)20-5/h6-8,13H,9,16H2,1-5H3,(H,17,18)/t13-/m1/s1. The molecule has 0 saturated carbocycles. The molecule has 1 amide bonds. The fraction of sp³-hybridized carbons (Fsp3) is 0.533. The Hall–Kier alpha value is -1.75. The molecule has 0 aliphatic rings. The molecule has 0 bridgehead atoms. The number of nitrogens with two attached hydrogens (primary N) is 1. The summed E-state index contributed by atoms with van der Waals surface area (Å²) < 4.78 is 10.5. The Morgan fingerprint density at radius 3 is 2.45 bits per heavy atom. The van der Waals surface area contributed by atoms with Crippen molar-refractivity contribution in [2.45, 2.75) is 33.4 Å². The lowest BCUT2D eigenvalue weighted by Gasteiger charge is -2.26. The van der Waals surface area contributed by atoms with Crippen LogP contribution >= 0.6 is 0 Å². The predicted octanol–water partition coefficient (Wildman–Crippen LogP) is 1.69. The van der Waals surface area contributed by atoms with Crippen LogP contribution in [0.3, 0.4) is 0 Å². The van der Waals surface area contributed by atoms with Gasteiger partial charge in [-0.2, -0.15) is 0 Å². The number of ether oxygens (including phenoxy) is 2. The van der Waals surface area contributed by atoms with E-state index in [2.05, 4.69) is 5.32 Å². The molecule has 0 saturated heterocycles. The lowest BCUT2D eigenvalue weighted by molar-refractivity contribution is -0.124. The average molecular weight is 280 g/mol. The zero-order valence-electron chi connectivity index (χ0n) is 12.8. The van der Waals surface area contributed by atoms with Crippen LogP contribution in [0, 0.1) is 5.41 Å². The van der Waals surface area contributed by atoms with Crippen molar-refractivity contribution in [2.24, 2.45) is 11.1 Å². The van der Waals surface area contributed by atoms with Gasteiger partial charge in [0.1, 0.15) is 0 Å². The number of hydrogen-bond acceptors (Lipinski definition) is 4. The number of para-hydroxylation sites is 1. The molecule has 0 aliphatic heterocycles. The first-order valence-electron chi connectivity index (χ1n) is 6.54. The second-order valence-corrected chi connectivity index (χ2v) is 5.71. The highest BCUT2D eigenvalue weighted by atomic mass is 16.5. The molecule has 1 rings (SSSR count). The van der Waals surface area contributed by atoms with E-state index in [0.717, 1.165) is 5.56 Å². The second kappa shape index (κ2) is 6.61. The van der Waals surface area contributed by atoms with Crippen molar-refractivity contribution >= 4 is 5.91 Å². The predicted molar refractivity (Wildman–Crippen MR) is 78.8 cm³/mol. The number of methoxy groups -OCH3 is 2. The molecule has 1 aromatic rings. The normalized spacial score (nSPS) is 12.7. The van der Waals surface area contributed by atoms with Gasteiger partial charge in [0, 0.05) is 12.1 Å². The molecule has 112 valence electrons. The minimum absolute atomic E-state index is 0.178. The number of amides is 1. The minimum atomic E-state index is -0.556. The summed E-state index contributed by atoms with van der Waals surface area (Å²) in [6, 6.07) is 4.99. The van der Waals surface area contributed by atoms with E-state index in [0.29, 0.717) is 18.0 Å². The van der Waals surface area contributed by atoms with Gasteiger partial charge in [-0.1, -0.05) is 32.9 Å². The molecule has 0 aromatic heterocycles. The number of hydrogen-bond donors (Lipinski definition) is 2. The monoisotopic (exact) mass is 280 g/mol. The maximum absolute atomic E-state index is 12.0. The van der Waals surface area contributed by atoms with Gasteiger partial charge in [-0.05, 0) is 11.5 Å². The molecule has 5 nitrogen and oxygen atoms in total. The van der Waals surface area contributed by atoms with E-state index in [1.54, 1.807) is 14.2 Å². The maximum Gasteiger partial charge on any atom is 0.237 e. The van der Waals surface area contributed by atoms with Crippen LogP contribution in [0.25, 0.3) is 0 Å². The van der Waals surface area contributed by atoms with Crippen LogP contribution in [0.4, 0.5) is 0 Å². The number of carbonyl (C=O) groups is 1. The molecule has 5 heteroatoms. The zero-order chi connectivity index (χ0) is 15.3. The first kappa shape index (κ1) is 16.3. The Morgan fingerprint density at radius 2 is 1.95 bits per heavy atom. The van der Waals surface area contributed by atoms with Gasteiger partial charge in [0.15, 0.2) is 11.5 Å². The van der Waals surface area contributed by atoms with Crippen LogP contribution in [-0.2, 0) is 11.3 Å². The highest BCUT2D eigenvalue weighted by molar-refractivity contribution is 5.82. The zero-order valence-corrected chi connectivity index (χ0v) is 12.8. The van der Waals surface area contributed by atoms with Gasteiger partial charge in [-0.3, -0.25) is 4.79 Å². The van der Waals surface area contributed by atoms with Crippen molar-refractivity contribution in [1.29, 1.82) is 0 Å². The summed E-state index contributed by atoms with van der Waals surface area (Å²) in [6.45, 7) is 6.15. The van der Waals surface area contributed by atoms with E-state index in [-0.39, 0.29) is 11.3 Å². The number of nitrogens with one attached hydrogen (secondary N) is 1. The Kier molecular flexibility index (Phi) is 5.39. The summed E-state index contributed by atoms with van der Waals surface area (Å²) in [5, 5.41) is 2.83. The summed E-state index contributed by atoms with van der Waals surface area (Å²) in [5.74, 6) is 1.08. The van der Waals surface area contributed by atoms with Crippen LogP contribution in [0.15, 0.2) is 18.2 Å². The van der Waals surface area contributed by atoms with Crippen molar-refractivity contribution in [2.75, 3.05) is 14.2 Å². The molecule has 20 heavy (non-hydrogen) atoms. The number of benzene rings is 1. The molecule has 0 spiro atoms. The van der Waals surface area contributed by atoms with E-state index < -0.39 is 6.04 Å². The fourth-order valence-corrected chi connectivity index (χ4v) is 1.78. The van der Waals surface area contributed by atoms with E-state index in [4.69, 9.17) is 15.2 Å². The lowest BCUT2D eigenvalue weighted by atomic mass is 9.87. The van der Waals surface area contributed by atoms with E-state index in [1.165, 1.54) is 0 Å². The topological polar surface area (TPSA) is 73.6 Å². The SMILES string of the molecule is COc1cccc(CNC(=O)[C@@H](N)C(C)(C)C)c1OC. The van der Waals surface area contributed by atoms with Gasteiger partial charge in [-0.15, -0.1) is 0 Å². The molecular weight excluding hydrogens is 256 g/mol. The molecule has 0 radical (unpaired) electrons. The summed E-state index contributed by atoms with van der Waals surface area (Å²) in [5.41, 5.74) is 6.49. The summed E-state index contributed by atoms with van der Waals surface area (Å²) >= 11 is 0. The van der Waals surface area contributed by atoms with Crippen LogP contribution < -0.4 is 20.5 Å². The van der Waals surface area contributed by atoms with Gasteiger partial charge in [0.05, 0.1) is 20.3 Å². The van der Waals surface area contributed by atoms with Crippen molar-refractivity contribution in [3.8, 4) is 11.5 Å².